The van der Waals surface area contributed by atoms with Crippen LogP contribution >= 0.6 is 0 Å². The van der Waals surface area contributed by atoms with E-state index in [0.717, 1.165) is 38.6 Å². The maximum Gasteiger partial charge on any atom is 0.187 e. The number of methoxy groups -OCH3 is 1. The fraction of sp³-hybridized carbons (Fsp3) is 0.714. The predicted molar refractivity (Wildman–Crippen MR) is 73.3 cm³/mol. The minimum atomic E-state index is 0.0704. The molecule has 0 atom stereocenters. The van der Waals surface area contributed by atoms with Gasteiger partial charge in [-0.2, -0.15) is 5.10 Å². The first-order chi connectivity index (χ1) is 9.17. The summed E-state index contributed by atoms with van der Waals surface area (Å²) in [7, 11) is 1.58. The molecule has 0 spiro atoms. The lowest BCUT2D eigenvalue weighted by Gasteiger charge is -2.25. The zero-order valence-electron chi connectivity index (χ0n) is 11.8. The average molecular weight is 265 g/mol. The molecule has 2 N–H and O–H groups in total. The van der Waals surface area contributed by atoms with E-state index in [-0.39, 0.29) is 17.7 Å². The van der Waals surface area contributed by atoms with Crippen LogP contribution in [0.2, 0.25) is 0 Å². The number of ether oxygens (including phenoxy) is 1. The third-order valence-electron chi connectivity index (χ3n) is 3.84. The fourth-order valence-electron chi connectivity index (χ4n) is 2.72. The van der Waals surface area contributed by atoms with Gasteiger partial charge >= 0.3 is 0 Å². The number of nitrogens with zero attached hydrogens (tertiary/aromatic N) is 2. The summed E-state index contributed by atoms with van der Waals surface area (Å²) in [5.41, 5.74) is 6.53. The number of rotatable bonds is 5. The minimum Gasteiger partial charge on any atom is -0.493 e. The van der Waals surface area contributed by atoms with Crippen molar-refractivity contribution >= 4 is 5.78 Å². The van der Waals surface area contributed by atoms with Gasteiger partial charge in [-0.1, -0.05) is 6.92 Å². The van der Waals surface area contributed by atoms with Gasteiger partial charge in [-0.3, -0.25) is 9.48 Å². The third kappa shape index (κ3) is 2.97. The van der Waals surface area contributed by atoms with Gasteiger partial charge in [0.1, 0.15) is 5.69 Å². The van der Waals surface area contributed by atoms with E-state index in [2.05, 4.69) is 12.0 Å². The van der Waals surface area contributed by atoms with Crippen molar-refractivity contribution in [2.45, 2.75) is 51.6 Å². The molecule has 1 fully saturated rings. The molecule has 1 aliphatic carbocycles. The first-order valence-corrected chi connectivity index (χ1v) is 7.07. The number of nitrogens with two attached hydrogens (primary N) is 1. The molecular formula is C14H23N3O2. The molecule has 2 rings (SSSR count). The van der Waals surface area contributed by atoms with Crippen molar-refractivity contribution in [3.63, 3.8) is 0 Å². The van der Waals surface area contributed by atoms with Crippen LogP contribution in [-0.4, -0.2) is 28.7 Å². The quantitative estimate of drug-likeness (QED) is 0.827. The maximum atomic E-state index is 12.7. The molecule has 19 heavy (non-hydrogen) atoms. The molecule has 1 aromatic heterocycles. The molecule has 1 saturated carbocycles. The Morgan fingerprint density at radius 1 is 1.47 bits per heavy atom. The Hall–Kier alpha value is -1.36. The van der Waals surface area contributed by atoms with Gasteiger partial charge < -0.3 is 10.5 Å². The van der Waals surface area contributed by atoms with E-state index >= 15 is 0 Å². The molecule has 0 amide bonds. The van der Waals surface area contributed by atoms with Gasteiger partial charge in [-0.15, -0.1) is 0 Å². The van der Waals surface area contributed by atoms with Gasteiger partial charge in [0.15, 0.2) is 11.5 Å². The Kier molecular flexibility index (Phi) is 4.58. The number of aromatic nitrogens is 2. The highest BCUT2D eigenvalue weighted by atomic mass is 16.5. The van der Waals surface area contributed by atoms with Crippen LogP contribution in [0.5, 0.6) is 5.75 Å². The smallest absolute Gasteiger partial charge is 0.187 e. The van der Waals surface area contributed by atoms with Crippen molar-refractivity contribution in [3.8, 4) is 5.75 Å². The first kappa shape index (κ1) is 14.1. The lowest BCUT2D eigenvalue weighted by Crippen LogP contribution is -2.30. The zero-order chi connectivity index (χ0) is 13.8. The molecule has 0 unspecified atom stereocenters. The molecule has 0 aromatic carbocycles. The van der Waals surface area contributed by atoms with Crippen molar-refractivity contribution in [2.75, 3.05) is 7.11 Å². The second-order valence-corrected chi connectivity index (χ2v) is 5.26. The molecule has 1 aliphatic rings. The Morgan fingerprint density at radius 3 is 2.74 bits per heavy atom. The van der Waals surface area contributed by atoms with Crippen molar-refractivity contribution in [1.82, 2.24) is 9.78 Å². The largest absolute Gasteiger partial charge is 0.493 e. The number of Topliss-reactive ketones (excluding diaryl/α,β-unsaturated/α-hetero) is 1. The summed E-state index contributed by atoms with van der Waals surface area (Å²) in [6.07, 6.45) is 6.19. The SMILES string of the molecule is CCCn1ncc(OC)c1C(=O)C1CCC(N)CC1. The summed E-state index contributed by atoms with van der Waals surface area (Å²) in [4.78, 5) is 12.7. The molecule has 0 aliphatic heterocycles. The van der Waals surface area contributed by atoms with Crippen LogP contribution in [0.4, 0.5) is 0 Å². The van der Waals surface area contributed by atoms with Crippen molar-refractivity contribution in [3.05, 3.63) is 11.9 Å². The van der Waals surface area contributed by atoms with E-state index in [1.54, 1.807) is 18.0 Å². The highest BCUT2D eigenvalue weighted by Gasteiger charge is 2.30. The van der Waals surface area contributed by atoms with Crippen LogP contribution in [0, 0.1) is 5.92 Å². The summed E-state index contributed by atoms with van der Waals surface area (Å²) in [6, 6.07) is 0.256. The van der Waals surface area contributed by atoms with Crippen LogP contribution in [0.3, 0.4) is 0 Å². The zero-order valence-corrected chi connectivity index (χ0v) is 11.8. The highest BCUT2D eigenvalue weighted by molar-refractivity contribution is 5.98. The topological polar surface area (TPSA) is 70.1 Å². The predicted octanol–water partition coefficient (Wildman–Crippen LogP) is 2.00. The van der Waals surface area contributed by atoms with E-state index in [9.17, 15) is 4.79 Å². The summed E-state index contributed by atoms with van der Waals surface area (Å²) in [5, 5.41) is 4.25. The number of hydrogen-bond donors (Lipinski definition) is 1. The lowest BCUT2D eigenvalue weighted by atomic mass is 9.83. The molecule has 0 bridgehead atoms. The van der Waals surface area contributed by atoms with Crippen LogP contribution < -0.4 is 10.5 Å². The minimum absolute atomic E-state index is 0.0704. The van der Waals surface area contributed by atoms with Gasteiger partial charge in [0.25, 0.3) is 0 Å². The Morgan fingerprint density at radius 2 is 2.16 bits per heavy atom. The highest BCUT2D eigenvalue weighted by Crippen LogP contribution is 2.29. The standard InChI is InChI=1S/C14H23N3O2/c1-3-8-17-13(12(19-2)9-16-17)14(18)10-4-6-11(15)7-5-10/h9-11H,3-8,15H2,1-2H3. The van der Waals surface area contributed by atoms with Crippen molar-refractivity contribution in [1.29, 1.82) is 0 Å². The van der Waals surface area contributed by atoms with Gasteiger partial charge in [0.2, 0.25) is 0 Å². The van der Waals surface area contributed by atoms with Gasteiger partial charge in [-0.05, 0) is 32.1 Å². The van der Waals surface area contributed by atoms with E-state index < -0.39 is 0 Å². The molecule has 106 valence electrons. The molecule has 5 nitrogen and oxygen atoms in total. The van der Waals surface area contributed by atoms with Crippen LogP contribution in [0.15, 0.2) is 6.20 Å². The van der Waals surface area contributed by atoms with Gasteiger partial charge in [0.05, 0.1) is 13.3 Å². The lowest BCUT2D eigenvalue weighted by molar-refractivity contribution is 0.0870. The Labute approximate surface area is 114 Å². The number of carbonyl (C=O) groups excluding carboxylic acids is 1. The van der Waals surface area contributed by atoms with Gasteiger partial charge in [-0.25, -0.2) is 0 Å². The summed E-state index contributed by atoms with van der Waals surface area (Å²) in [6.45, 7) is 2.82. The number of aryl methyl sites for hydroxylation is 1. The van der Waals surface area contributed by atoms with Crippen LogP contribution in [0.1, 0.15) is 49.5 Å². The molecular weight excluding hydrogens is 242 g/mol. The van der Waals surface area contributed by atoms with E-state index in [1.807, 2.05) is 0 Å². The Balaban J connectivity index is 2.19. The monoisotopic (exact) mass is 265 g/mol. The maximum absolute atomic E-state index is 12.7. The summed E-state index contributed by atoms with van der Waals surface area (Å²) < 4.78 is 7.05. The molecule has 1 aromatic rings. The second kappa shape index (κ2) is 6.19. The normalized spacial score (nSPS) is 23.3. The molecule has 1 heterocycles. The average Bonchev–Trinajstić information content (AvgIpc) is 2.82. The molecule has 0 saturated heterocycles. The van der Waals surface area contributed by atoms with Crippen LogP contribution in [-0.2, 0) is 6.54 Å². The van der Waals surface area contributed by atoms with Crippen molar-refractivity contribution < 1.29 is 9.53 Å². The van der Waals surface area contributed by atoms with Crippen molar-refractivity contribution in [2.24, 2.45) is 11.7 Å². The fourth-order valence-corrected chi connectivity index (χ4v) is 2.72. The van der Waals surface area contributed by atoms with Crippen LogP contribution in [0.25, 0.3) is 0 Å². The number of ketones is 1. The van der Waals surface area contributed by atoms with E-state index in [1.165, 1.54) is 0 Å². The number of hydrogen-bond acceptors (Lipinski definition) is 4. The summed E-state index contributed by atoms with van der Waals surface area (Å²) >= 11 is 0. The van der Waals surface area contributed by atoms with E-state index in [0.29, 0.717) is 11.4 Å². The molecule has 0 radical (unpaired) electrons. The Bertz CT molecular complexity index is 434. The second-order valence-electron chi connectivity index (χ2n) is 5.26. The first-order valence-electron chi connectivity index (χ1n) is 7.07. The summed E-state index contributed by atoms with van der Waals surface area (Å²) in [5.74, 6) is 0.823. The number of carbonyl (C=O) groups is 1. The van der Waals surface area contributed by atoms with E-state index in [4.69, 9.17) is 10.5 Å². The molecule has 5 heteroatoms. The third-order valence-corrected chi connectivity index (χ3v) is 3.84. The van der Waals surface area contributed by atoms with Gasteiger partial charge in [0, 0.05) is 18.5 Å².